The normalized spacial score (nSPS) is 37.6. The molecule has 0 aromatic heterocycles. The average molecular weight is 767 g/mol. The number of rotatable bonds is 13. The smallest absolute Gasteiger partial charge is 0.454 e. The first kappa shape index (κ1) is 40.8. The second-order valence-electron chi connectivity index (χ2n) is 17.7. The molecule has 2 bridgehead atoms. The van der Waals surface area contributed by atoms with Gasteiger partial charge < -0.3 is 32.2 Å². The summed E-state index contributed by atoms with van der Waals surface area (Å²) in [7, 11) is -6.96. The van der Waals surface area contributed by atoms with E-state index in [2.05, 4.69) is 82.0 Å². The summed E-state index contributed by atoms with van der Waals surface area (Å²) >= 11 is 0. The van der Waals surface area contributed by atoms with Gasteiger partial charge in [-0.2, -0.15) is 0 Å². The van der Waals surface area contributed by atoms with Gasteiger partial charge in [-0.05, 0) is 80.9 Å². The second-order valence-corrected chi connectivity index (χ2v) is 31.6. The van der Waals surface area contributed by atoms with Crippen LogP contribution in [0.4, 0.5) is 4.79 Å². The van der Waals surface area contributed by atoms with Gasteiger partial charge in [-0.3, -0.25) is 9.59 Å². The Balaban J connectivity index is 1.91. The van der Waals surface area contributed by atoms with Crippen LogP contribution in [-0.2, 0) is 41.8 Å². The maximum atomic E-state index is 16.3. The summed E-state index contributed by atoms with van der Waals surface area (Å²) in [6.45, 7) is 29.2. The van der Waals surface area contributed by atoms with Gasteiger partial charge in [-0.15, -0.1) is 0 Å². The molecule has 9 atom stereocenters. The van der Waals surface area contributed by atoms with E-state index in [-0.39, 0.29) is 12.4 Å². The lowest BCUT2D eigenvalue weighted by molar-refractivity contribution is -0.335. The highest BCUT2D eigenvalue weighted by Crippen LogP contribution is 2.67. The van der Waals surface area contributed by atoms with Gasteiger partial charge in [0.1, 0.15) is 12.2 Å². The zero-order chi connectivity index (χ0) is 38.2. The van der Waals surface area contributed by atoms with Crippen molar-refractivity contribution in [1.29, 1.82) is 0 Å². The maximum absolute atomic E-state index is 16.3. The molecule has 5 aliphatic rings. The first-order valence-electron chi connectivity index (χ1n) is 19.7. The van der Waals surface area contributed by atoms with Gasteiger partial charge in [-0.25, -0.2) is 4.79 Å². The van der Waals surface area contributed by atoms with Crippen molar-refractivity contribution in [2.45, 2.75) is 187 Å². The molecule has 3 aliphatic carbocycles. The first-order chi connectivity index (χ1) is 23.7. The molecule has 2 aliphatic heterocycles. The molecule has 1 spiro atoms. The first-order valence-corrected chi connectivity index (χ1v) is 28.1. The van der Waals surface area contributed by atoms with E-state index in [1.165, 1.54) is 6.92 Å². The van der Waals surface area contributed by atoms with Gasteiger partial charge in [0.15, 0.2) is 48.0 Å². The van der Waals surface area contributed by atoms with Crippen LogP contribution in [0, 0.1) is 16.7 Å². The molecule has 0 amide bonds. The van der Waals surface area contributed by atoms with Crippen LogP contribution in [0.15, 0.2) is 11.1 Å². The third kappa shape index (κ3) is 6.11. The van der Waals surface area contributed by atoms with Gasteiger partial charge in [-0.1, -0.05) is 55.4 Å². The highest BCUT2D eigenvalue weighted by molar-refractivity contribution is 6.74. The topological polar surface area (TPSA) is 116 Å². The van der Waals surface area contributed by atoms with Crippen LogP contribution in [0.1, 0.15) is 89.0 Å². The minimum Gasteiger partial charge on any atom is -0.454 e. The Morgan fingerprint density at radius 3 is 1.88 bits per heavy atom. The third-order valence-corrected chi connectivity index (χ3v) is 24.4. The molecule has 290 valence electrons. The molecule has 5 rings (SSSR count). The van der Waals surface area contributed by atoms with Crippen LogP contribution in [0.25, 0.3) is 0 Å². The van der Waals surface area contributed by atoms with Crippen LogP contribution >= 0.6 is 0 Å². The number of fused-ring (bicyclic) bond motifs is 5. The molecule has 4 fully saturated rings. The highest BCUT2D eigenvalue weighted by Gasteiger charge is 2.81. The Kier molecular flexibility index (Phi) is 11.0. The average Bonchev–Trinajstić information content (AvgIpc) is 3.38. The fraction of sp³-hybridized carbons (Fsp3) is 0.868. The van der Waals surface area contributed by atoms with Crippen LogP contribution in [0.2, 0.25) is 55.9 Å². The Morgan fingerprint density at radius 2 is 1.41 bits per heavy atom. The summed E-state index contributed by atoms with van der Waals surface area (Å²) in [6.07, 6.45) is -3.54. The summed E-state index contributed by atoms with van der Waals surface area (Å²) in [5.41, 5.74) is -2.93. The lowest BCUT2D eigenvalue weighted by Gasteiger charge is -2.67. The molecular weight excluding hydrogens is 701 g/mol. The maximum Gasteiger partial charge on any atom is 0.509 e. The second kappa shape index (κ2) is 13.7. The molecule has 0 aromatic carbocycles. The van der Waals surface area contributed by atoms with Crippen LogP contribution in [0.5, 0.6) is 0 Å². The van der Waals surface area contributed by atoms with E-state index in [0.717, 1.165) is 47.4 Å². The third-order valence-electron chi connectivity index (χ3n) is 14.2. The van der Waals surface area contributed by atoms with Crippen molar-refractivity contribution >= 4 is 42.9 Å². The summed E-state index contributed by atoms with van der Waals surface area (Å²) in [5, 5.41) is 0. The van der Waals surface area contributed by atoms with Crippen molar-refractivity contribution in [3.63, 3.8) is 0 Å². The quantitative estimate of drug-likeness (QED) is 0.103. The predicted molar refractivity (Wildman–Crippen MR) is 203 cm³/mol. The monoisotopic (exact) mass is 766 g/mol. The van der Waals surface area contributed by atoms with Crippen LogP contribution in [0.3, 0.4) is 0 Å². The van der Waals surface area contributed by atoms with E-state index in [1.54, 1.807) is 0 Å². The number of hydrogen-bond acceptors (Lipinski definition) is 10. The molecule has 0 unspecified atom stereocenters. The van der Waals surface area contributed by atoms with Gasteiger partial charge in [0.05, 0.1) is 30.1 Å². The minimum absolute atomic E-state index is 0.0830. The number of carbonyl (C=O) groups is 3. The van der Waals surface area contributed by atoms with Crippen molar-refractivity contribution in [3.8, 4) is 0 Å². The van der Waals surface area contributed by atoms with Crippen molar-refractivity contribution < 1.29 is 46.6 Å². The molecule has 2 saturated heterocycles. The fourth-order valence-corrected chi connectivity index (χ4v) is 17.5. The van der Waals surface area contributed by atoms with Gasteiger partial charge in [0.25, 0.3) is 0 Å². The van der Waals surface area contributed by atoms with Crippen molar-refractivity contribution in [1.82, 2.24) is 0 Å². The Bertz CT molecular complexity index is 1400. The zero-order valence-corrected chi connectivity index (χ0v) is 36.9. The lowest BCUT2D eigenvalue weighted by Crippen LogP contribution is -2.81. The molecule has 10 nitrogen and oxygen atoms in total. The van der Waals surface area contributed by atoms with E-state index < -0.39 is 95.5 Å². The van der Waals surface area contributed by atoms with Crippen LogP contribution in [-0.4, -0.2) is 91.2 Å². The van der Waals surface area contributed by atoms with Gasteiger partial charge in [0, 0.05) is 25.2 Å². The Hall–Kier alpha value is -1.36. The SMILES string of the molecule is CC[Si](CC)(CC)O[C@H]1C(=O)[C@]2(C)[C@@H](O[Si](CC)(CC)CC)C[C@H]3OC[C@@]3(OC(C)=O)[C@H]2[C@@H]2OC(=O)O[C@]23C[C@H](O[Si](C)(C)C)C(C)=C1C3(C)C. The van der Waals surface area contributed by atoms with E-state index >= 15 is 4.79 Å². The number of ether oxygens (including phenoxy) is 4. The highest BCUT2D eigenvalue weighted by atomic mass is 28.4. The number of hydrogen-bond donors (Lipinski definition) is 0. The Morgan fingerprint density at radius 1 is 0.863 bits per heavy atom. The van der Waals surface area contributed by atoms with Crippen molar-refractivity contribution in [2.24, 2.45) is 16.7 Å². The summed E-state index contributed by atoms with van der Waals surface area (Å²) in [6, 6.07) is 5.22. The van der Waals surface area contributed by atoms with Crippen molar-refractivity contribution in [2.75, 3.05) is 6.61 Å². The molecular formula is C38H66O10Si3. The fourth-order valence-electron chi connectivity index (χ4n) is 10.7. The largest absolute Gasteiger partial charge is 0.509 e. The van der Waals surface area contributed by atoms with Crippen molar-refractivity contribution in [3.05, 3.63) is 11.1 Å². The minimum atomic E-state index is -2.46. The summed E-state index contributed by atoms with van der Waals surface area (Å²) in [5.74, 6) is -1.40. The van der Waals surface area contributed by atoms with E-state index in [4.69, 9.17) is 32.2 Å². The molecule has 2 heterocycles. The van der Waals surface area contributed by atoms with E-state index in [1.807, 2.05) is 6.92 Å². The lowest BCUT2D eigenvalue weighted by atomic mass is 9.45. The molecule has 0 N–H and O–H groups in total. The Labute approximate surface area is 309 Å². The summed E-state index contributed by atoms with van der Waals surface area (Å²) in [4.78, 5) is 43.3. The van der Waals surface area contributed by atoms with Gasteiger partial charge in [0.2, 0.25) is 0 Å². The number of Topliss-reactive ketones (excluding diaryl/α,β-unsaturated/α-hetero) is 1. The molecule has 0 aromatic rings. The molecule has 2 saturated carbocycles. The van der Waals surface area contributed by atoms with E-state index in [0.29, 0.717) is 12.8 Å². The predicted octanol–water partition coefficient (Wildman–Crippen LogP) is 8.32. The number of ketones is 1. The molecule has 51 heavy (non-hydrogen) atoms. The molecule has 13 heteroatoms. The van der Waals surface area contributed by atoms with Gasteiger partial charge >= 0.3 is 12.1 Å². The number of carbonyl (C=O) groups excluding carboxylic acids is 3. The zero-order valence-electron chi connectivity index (χ0n) is 33.9. The van der Waals surface area contributed by atoms with E-state index in [9.17, 15) is 9.59 Å². The summed E-state index contributed by atoms with van der Waals surface area (Å²) < 4.78 is 47.6. The van der Waals surface area contributed by atoms with Crippen LogP contribution < -0.4 is 0 Å². The number of esters is 1. The molecule has 0 radical (unpaired) electrons. The standard InChI is InChI=1S/C38H66O10Si3/c1-15-50(16-2,17-3)47-27-21-28-37(23-42-28,44-25(8)39)31-33-38(45-34(41)43-33)22-26(46-49(12,13)14)24(7)29(35(38,9)10)30(32(40)36(27,31)11)48-51(18-4,19-5)20-6/h26-28,30-31,33H,15-23H2,1-14H3/t26-,27-,28+,30+,31-,33-,36+,37-,38+/m0/s1.